The quantitative estimate of drug-likeness (QED) is 0.668. The Morgan fingerprint density at radius 2 is 2.00 bits per heavy atom. The van der Waals surface area contributed by atoms with Gasteiger partial charge in [0.25, 0.3) is 0 Å². The van der Waals surface area contributed by atoms with Crippen LogP contribution < -0.4 is 0 Å². The van der Waals surface area contributed by atoms with Gasteiger partial charge in [-0.2, -0.15) is 0 Å². The van der Waals surface area contributed by atoms with Crippen LogP contribution in [0.2, 0.25) is 0 Å². The fourth-order valence-corrected chi connectivity index (χ4v) is 1.44. The summed E-state index contributed by atoms with van der Waals surface area (Å²) in [6.07, 6.45) is 3.59. The van der Waals surface area contributed by atoms with Gasteiger partial charge in [0, 0.05) is 5.92 Å². The third-order valence-electron chi connectivity index (χ3n) is 2.43. The SMILES string of the molecule is C=CCO[C@@H]1COC(C)(C)OC[C@H]1C=C. The Bertz CT molecular complexity index is 223. The van der Waals surface area contributed by atoms with Gasteiger partial charge in [-0.25, -0.2) is 0 Å². The summed E-state index contributed by atoms with van der Waals surface area (Å²) in [4.78, 5) is 0. The molecule has 2 atom stereocenters. The maximum atomic E-state index is 5.61. The summed E-state index contributed by atoms with van der Waals surface area (Å²) in [6.45, 7) is 12.9. The standard InChI is InChI=1S/C12H20O3/c1-5-7-13-11-9-15-12(3,4)14-8-10(11)6-2/h5-6,10-11H,1-2,7-9H2,3-4H3/t10-,11-/m1/s1. The van der Waals surface area contributed by atoms with E-state index in [4.69, 9.17) is 14.2 Å². The highest BCUT2D eigenvalue weighted by atomic mass is 16.7. The van der Waals surface area contributed by atoms with Crippen LogP contribution in [0.25, 0.3) is 0 Å². The molecule has 0 N–H and O–H groups in total. The number of rotatable bonds is 4. The molecular formula is C12H20O3. The minimum atomic E-state index is -0.534. The summed E-state index contributed by atoms with van der Waals surface area (Å²) in [5.41, 5.74) is 0. The molecule has 0 aromatic carbocycles. The molecule has 3 heteroatoms. The van der Waals surface area contributed by atoms with Crippen molar-refractivity contribution in [3.8, 4) is 0 Å². The molecule has 1 aliphatic rings. The Hall–Kier alpha value is -0.640. The van der Waals surface area contributed by atoms with Crippen molar-refractivity contribution < 1.29 is 14.2 Å². The van der Waals surface area contributed by atoms with Gasteiger partial charge in [-0.05, 0) is 13.8 Å². The second-order valence-electron chi connectivity index (χ2n) is 4.08. The van der Waals surface area contributed by atoms with E-state index in [1.165, 1.54) is 0 Å². The molecule has 86 valence electrons. The maximum absolute atomic E-state index is 5.61. The molecule has 1 rings (SSSR count). The van der Waals surface area contributed by atoms with Crippen molar-refractivity contribution >= 4 is 0 Å². The van der Waals surface area contributed by atoms with Crippen LogP contribution in [-0.2, 0) is 14.2 Å². The van der Waals surface area contributed by atoms with E-state index >= 15 is 0 Å². The molecule has 0 amide bonds. The molecule has 1 aliphatic heterocycles. The van der Waals surface area contributed by atoms with Crippen molar-refractivity contribution in [2.45, 2.75) is 25.7 Å². The van der Waals surface area contributed by atoms with E-state index in [1.807, 2.05) is 19.9 Å². The Morgan fingerprint density at radius 3 is 2.60 bits per heavy atom. The van der Waals surface area contributed by atoms with E-state index in [9.17, 15) is 0 Å². The number of hydrogen-bond acceptors (Lipinski definition) is 3. The lowest BCUT2D eigenvalue weighted by molar-refractivity contribution is -0.204. The minimum absolute atomic E-state index is 0.00211. The summed E-state index contributed by atoms with van der Waals surface area (Å²) in [5, 5.41) is 0. The molecule has 1 heterocycles. The van der Waals surface area contributed by atoms with E-state index < -0.39 is 5.79 Å². The highest BCUT2D eigenvalue weighted by Crippen LogP contribution is 2.23. The number of ether oxygens (including phenoxy) is 3. The van der Waals surface area contributed by atoms with Crippen LogP contribution in [0.15, 0.2) is 25.3 Å². The molecule has 1 saturated heterocycles. The lowest BCUT2D eigenvalue weighted by atomic mass is 10.0. The Morgan fingerprint density at radius 1 is 1.33 bits per heavy atom. The molecular weight excluding hydrogens is 192 g/mol. The Balaban J connectivity index is 2.58. The second-order valence-corrected chi connectivity index (χ2v) is 4.08. The Labute approximate surface area is 91.7 Å². The predicted octanol–water partition coefficient (Wildman–Crippen LogP) is 2.14. The molecule has 0 bridgehead atoms. The Kier molecular flexibility index (Phi) is 4.51. The first kappa shape index (κ1) is 12.4. The van der Waals surface area contributed by atoms with Crippen LogP contribution in [0, 0.1) is 5.92 Å². The fourth-order valence-electron chi connectivity index (χ4n) is 1.44. The molecule has 0 radical (unpaired) electrons. The summed E-state index contributed by atoms with van der Waals surface area (Å²) < 4.78 is 16.8. The van der Waals surface area contributed by atoms with Crippen LogP contribution in [0.4, 0.5) is 0 Å². The number of hydrogen-bond donors (Lipinski definition) is 0. The van der Waals surface area contributed by atoms with Gasteiger partial charge in [0.1, 0.15) is 0 Å². The van der Waals surface area contributed by atoms with Crippen molar-refractivity contribution in [3.05, 3.63) is 25.3 Å². The zero-order valence-corrected chi connectivity index (χ0v) is 9.57. The molecule has 0 aromatic heterocycles. The van der Waals surface area contributed by atoms with E-state index in [0.29, 0.717) is 19.8 Å². The highest BCUT2D eigenvalue weighted by Gasteiger charge is 2.31. The van der Waals surface area contributed by atoms with Gasteiger partial charge in [-0.3, -0.25) is 0 Å². The highest BCUT2D eigenvalue weighted by molar-refractivity contribution is 4.88. The normalized spacial score (nSPS) is 30.5. The predicted molar refractivity (Wildman–Crippen MR) is 59.6 cm³/mol. The first-order chi connectivity index (χ1) is 7.09. The van der Waals surface area contributed by atoms with Crippen molar-refractivity contribution in [1.29, 1.82) is 0 Å². The van der Waals surface area contributed by atoms with Crippen molar-refractivity contribution in [2.24, 2.45) is 5.92 Å². The van der Waals surface area contributed by atoms with E-state index in [0.717, 1.165) is 0 Å². The van der Waals surface area contributed by atoms with E-state index in [1.54, 1.807) is 6.08 Å². The average Bonchev–Trinajstić information content (AvgIpc) is 2.34. The monoisotopic (exact) mass is 212 g/mol. The lowest BCUT2D eigenvalue weighted by Crippen LogP contribution is -2.29. The molecule has 15 heavy (non-hydrogen) atoms. The van der Waals surface area contributed by atoms with Crippen LogP contribution in [0.1, 0.15) is 13.8 Å². The molecule has 0 unspecified atom stereocenters. The zero-order valence-electron chi connectivity index (χ0n) is 9.57. The largest absolute Gasteiger partial charge is 0.371 e. The van der Waals surface area contributed by atoms with Gasteiger partial charge in [0.2, 0.25) is 0 Å². The first-order valence-electron chi connectivity index (χ1n) is 5.22. The van der Waals surface area contributed by atoms with Crippen LogP contribution >= 0.6 is 0 Å². The van der Waals surface area contributed by atoms with Crippen LogP contribution in [0.5, 0.6) is 0 Å². The van der Waals surface area contributed by atoms with Crippen molar-refractivity contribution in [1.82, 2.24) is 0 Å². The van der Waals surface area contributed by atoms with Crippen molar-refractivity contribution in [3.63, 3.8) is 0 Å². The van der Waals surface area contributed by atoms with Gasteiger partial charge < -0.3 is 14.2 Å². The topological polar surface area (TPSA) is 27.7 Å². The smallest absolute Gasteiger partial charge is 0.162 e. The second kappa shape index (κ2) is 5.45. The van der Waals surface area contributed by atoms with Crippen LogP contribution in [0.3, 0.4) is 0 Å². The average molecular weight is 212 g/mol. The van der Waals surface area contributed by atoms with Gasteiger partial charge in [0.15, 0.2) is 5.79 Å². The van der Waals surface area contributed by atoms with E-state index in [2.05, 4.69) is 13.2 Å². The van der Waals surface area contributed by atoms with Gasteiger partial charge in [-0.15, -0.1) is 13.2 Å². The van der Waals surface area contributed by atoms with E-state index in [-0.39, 0.29) is 12.0 Å². The van der Waals surface area contributed by atoms with Crippen LogP contribution in [-0.4, -0.2) is 31.7 Å². The fraction of sp³-hybridized carbons (Fsp3) is 0.667. The maximum Gasteiger partial charge on any atom is 0.162 e. The summed E-state index contributed by atoms with van der Waals surface area (Å²) in [5.74, 6) is -0.361. The molecule has 0 aromatic rings. The van der Waals surface area contributed by atoms with Gasteiger partial charge in [-0.1, -0.05) is 12.2 Å². The summed E-state index contributed by atoms with van der Waals surface area (Å²) in [6, 6.07) is 0. The molecule has 0 aliphatic carbocycles. The first-order valence-corrected chi connectivity index (χ1v) is 5.22. The van der Waals surface area contributed by atoms with Crippen molar-refractivity contribution in [2.75, 3.05) is 19.8 Å². The molecule has 0 saturated carbocycles. The summed E-state index contributed by atoms with van der Waals surface area (Å²) in [7, 11) is 0. The zero-order chi connectivity index (χ0) is 11.3. The molecule has 3 nitrogen and oxygen atoms in total. The van der Waals surface area contributed by atoms with Gasteiger partial charge in [0.05, 0.1) is 25.9 Å². The molecule has 0 spiro atoms. The third kappa shape index (κ3) is 3.78. The van der Waals surface area contributed by atoms with Gasteiger partial charge >= 0.3 is 0 Å². The minimum Gasteiger partial charge on any atom is -0.371 e. The lowest BCUT2D eigenvalue weighted by Gasteiger charge is -2.22. The molecule has 1 fully saturated rings. The summed E-state index contributed by atoms with van der Waals surface area (Å²) >= 11 is 0. The third-order valence-corrected chi connectivity index (χ3v) is 2.43.